The van der Waals surface area contributed by atoms with Crippen molar-refractivity contribution in [1.82, 2.24) is 0 Å². The maximum atomic E-state index is 12.5. The van der Waals surface area contributed by atoms with Crippen molar-refractivity contribution in [2.24, 2.45) is 11.8 Å². The summed E-state index contributed by atoms with van der Waals surface area (Å²) >= 11 is 0. The molecule has 0 N–H and O–H groups in total. The maximum Gasteiger partial charge on any atom is 0.165 e. The summed E-state index contributed by atoms with van der Waals surface area (Å²) in [5, 5.41) is 0. The molecular weight excluding hydrogens is 220 g/mol. The first kappa shape index (κ1) is 12.0. The molecule has 0 spiro atoms. The van der Waals surface area contributed by atoms with E-state index in [9.17, 15) is 4.79 Å². The molecule has 0 radical (unpaired) electrons. The Kier molecular flexibility index (Phi) is 3.23. The van der Waals surface area contributed by atoms with Crippen LogP contribution in [-0.2, 0) is 12.8 Å². The number of rotatable bonds is 3. The zero-order valence-corrected chi connectivity index (χ0v) is 11.2. The Morgan fingerprint density at radius 2 is 2.06 bits per heavy atom. The fraction of sp³-hybridized carbons (Fsp3) is 0.588. The zero-order valence-electron chi connectivity index (χ0n) is 11.2. The molecule has 0 amide bonds. The van der Waals surface area contributed by atoms with Crippen LogP contribution < -0.4 is 0 Å². The summed E-state index contributed by atoms with van der Waals surface area (Å²) in [4.78, 5) is 12.5. The highest BCUT2D eigenvalue weighted by atomic mass is 16.1. The second-order valence-electron chi connectivity index (χ2n) is 5.99. The maximum absolute atomic E-state index is 12.5. The van der Waals surface area contributed by atoms with Gasteiger partial charge in [-0.1, -0.05) is 25.5 Å². The molecule has 0 saturated heterocycles. The molecule has 1 fully saturated rings. The lowest BCUT2D eigenvalue weighted by molar-refractivity contribution is 0.0920. The lowest BCUT2D eigenvalue weighted by Crippen LogP contribution is -2.12. The van der Waals surface area contributed by atoms with Gasteiger partial charge in [-0.05, 0) is 61.6 Å². The summed E-state index contributed by atoms with van der Waals surface area (Å²) in [5.74, 6) is 1.49. The molecule has 1 aromatic carbocycles. The minimum atomic E-state index is 0.300. The molecule has 0 heterocycles. The van der Waals surface area contributed by atoms with Gasteiger partial charge in [0.2, 0.25) is 0 Å². The third-order valence-corrected chi connectivity index (χ3v) is 4.87. The van der Waals surface area contributed by atoms with Crippen LogP contribution in [0.5, 0.6) is 0 Å². The number of hydrogen-bond acceptors (Lipinski definition) is 1. The monoisotopic (exact) mass is 242 g/mol. The molecule has 2 atom stereocenters. The Labute approximate surface area is 110 Å². The van der Waals surface area contributed by atoms with E-state index in [0.717, 1.165) is 24.3 Å². The van der Waals surface area contributed by atoms with E-state index in [4.69, 9.17) is 0 Å². The number of carbonyl (C=O) groups excluding carboxylic acids is 1. The molecule has 2 unspecified atom stereocenters. The average molecular weight is 242 g/mol. The van der Waals surface area contributed by atoms with Crippen LogP contribution in [0.1, 0.15) is 60.5 Å². The van der Waals surface area contributed by atoms with Crippen molar-refractivity contribution >= 4 is 5.78 Å². The molecule has 2 aliphatic rings. The molecule has 96 valence electrons. The van der Waals surface area contributed by atoms with Crippen molar-refractivity contribution in [2.45, 2.75) is 51.9 Å². The Morgan fingerprint density at radius 1 is 1.22 bits per heavy atom. The summed E-state index contributed by atoms with van der Waals surface area (Å²) < 4.78 is 0. The number of ketones is 1. The lowest BCUT2D eigenvalue weighted by Gasteiger charge is -2.10. The van der Waals surface area contributed by atoms with Gasteiger partial charge in [0, 0.05) is 11.5 Å². The van der Waals surface area contributed by atoms with Gasteiger partial charge in [-0.25, -0.2) is 0 Å². The number of benzene rings is 1. The first-order valence-corrected chi connectivity index (χ1v) is 7.44. The average Bonchev–Trinajstić information content (AvgIpc) is 3.05. The van der Waals surface area contributed by atoms with Gasteiger partial charge in [-0.3, -0.25) is 4.79 Å². The summed E-state index contributed by atoms with van der Waals surface area (Å²) in [5.41, 5.74) is 3.85. The number of aryl methyl sites for hydroxylation is 2. The smallest absolute Gasteiger partial charge is 0.165 e. The van der Waals surface area contributed by atoms with E-state index in [1.807, 2.05) is 0 Å². The molecule has 1 saturated carbocycles. The largest absolute Gasteiger partial charge is 0.294 e. The molecule has 0 aromatic heterocycles. The fourth-order valence-electron chi connectivity index (χ4n) is 3.64. The zero-order chi connectivity index (χ0) is 12.5. The van der Waals surface area contributed by atoms with E-state index in [0.29, 0.717) is 11.7 Å². The Hall–Kier alpha value is -1.11. The molecule has 0 aliphatic heterocycles. The van der Waals surface area contributed by atoms with Gasteiger partial charge < -0.3 is 0 Å². The van der Waals surface area contributed by atoms with Crippen LogP contribution in [0, 0.1) is 11.8 Å². The molecule has 2 aliphatic carbocycles. The second-order valence-corrected chi connectivity index (χ2v) is 5.99. The molecule has 18 heavy (non-hydrogen) atoms. The van der Waals surface area contributed by atoms with Crippen LogP contribution in [-0.4, -0.2) is 5.78 Å². The highest BCUT2D eigenvalue weighted by Crippen LogP contribution is 2.35. The first-order chi connectivity index (χ1) is 8.78. The van der Waals surface area contributed by atoms with Gasteiger partial charge in [0.25, 0.3) is 0 Å². The van der Waals surface area contributed by atoms with Gasteiger partial charge >= 0.3 is 0 Å². The number of carbonyl (C=O) groups is 1. The van der Waals surface area contributed by atoms with Crippen molar-refractivity contribution in [2.75, 3.05) is 0 Å². The highest BCUT2D eigenvalue weighted by molar-refractivity contribution is 5.98. The molecule has 1 heteroatoms. The van der Waals surface area contributed by atoms with E-state index in [-0.39, 0.29) is 0 Å². The number of Topliss-reactive ketones (excluding diaryl/α,β-unsaturated/α-hetero) is 1. The Morgan fingerprint density at radius 3 is 2.83 bits per heavy atom. The number of fused-ring (bicyclic) bond motifs is 1. The van der Waals surface area contributed by atoms with Gasteiger partial charge in [0.15, 0.2) is 5.78 Å². The highest BCUT2D eigenvalue weighted by Gasteiger charge is 2.29. The van der Waals surface area contributed by atoms with Crippen LogP contribution in [0.25, 0.3) is 0 Å². The summed E-state index contributed by atoms with van der Waals surface area (Å²) in [7, 11) is 0. The van der Waals surface area contributed by atoms with Gasteiger partial charge in [0.05, 0.1) is 0 Å². The first-order valence-electron chi connectivity index (χ1n) is 7.44. The predicted molar refractivity (Wildman–Crippen MR) is 73.9 cm³/mol. The SMILES string of the molecule is CCC1CCC(C(=O)c2ccc3c(c2)CCC3)C1. The summed E-state index contributed by atoms with van der Waals surface area (Å²) in [6.07, 6.45) is 8.32. The van der Waals surface area contributed by atoms with Crippen LogP contribution in [0.15, 0.2) is 18.2 Å². The van der Waals surface area contributed by atoms with Crippen LogP contribution in [0.3, 0.4) is 0 Å². The van der Waals surface area contributed by atoms with Crippen molar-refractivity contribution < 1.29 is 4.79 Å². The fourth-order valence-corrected chi connectivity index (χ4v) is 3.64. The van der Waals surface area contributed by atoms with E-state index in [1.165, 1.54) is 43.2 Å². The van der Waals surface area contributed by atoms with Crippen LogP contribution >= 0.6 is 0 Å². The quantitative estimate of drug-likeness (QED) is 0.726. The van der Waals surface area contributed by atoms with Crippen molar-refractivity contribution in [3.05, 3.63) is 34.9 Å². The third-order valence-electron chi connectivity index (χ3n) is 4.87. The molecular formula is C17H22O. The predicted octanol–water partition coefficient (Wildman–Crippen LogP) is 4.18. The van der Waals surface area contributed by atoms with Gasteiger partial charge in [-0.2, -0.15) is 0 Å². The normalized spacial score (nSPS) is 26.3. The standard InChI is InChI=1S/C17H22O/c1-2-12-6-7-15(10-12)17(18)16-9-8-13-4-3-5-14(13)11-16/h8-9,11-12,15H,2-7,10H2,1H3. The van der Waals surface area contributed by atoms with Crippen molar-refractivity contribution in [3.8, 4) is 0 Å². The molecule has 3 rings (SSSR count). The molecule has 0 bridgehead atoms. The molecule has 1 nitrogen and oxygen atoms in total. The van der Waals surface area contributed by atoms with Crippen LogP contribution in [0.4, 0.5) is 0 Å². The van der Waals surface area contributed by atoms with E-state index in [1.54, 1.807) is 0 Å². The summed E-state index contributed by atoms with van der Waals surface area (Å²) in [6, 6.07) is 6.41. The topological polar surface area (TPSA) is 17.1 Å². The van der Waals surface area contributed by atoms with E-state index >= 15 is 0 Å². The Balaban J connectivity index is 1.77. The Bertz CT molecular complexity index is 461. The van der Waals surface area contributed by atoms with Crippen molar-refractivity contribution in [1.29, 1.82) is 0 Å². The van der Waals surface area contributed by atoms with Crippen LogP contribution in [0.2, 0.25) is 0 Å². The third kappa shape index (κ3) is 2.11. The van der Waals surface area contributed by atoms with Crippen molar-refractivity contribution in [3.63, 3.8) is 0 Å². The van der Waals surface area contributed by atoms with E-state index in [2.05, 4.69) is 25.1 Å². The minimum Gasteiger partial charge on any atom is -0.294 e. The minimum absolute atomic E-state index is 0.300. The van der Waals surface area contributed by atoms with Gasteiger partial charge in [-0.15, -0.1) is 0 Å². The second kappa shape index (κ2) is 4.87. The van der Waals surface area contributed by atoms with E-state index < -0.39 is 0 Å². The number of hydrogen-bond donors (Lipinski definition) is 0. The van der Waals surface area contributed by atoms with Gasteiger partial charge in [0.1, 0.15) is 0 Å². The lowest BCUT2D eigenvalue weighted by atomic mass is 9.93. The molecule has 1 aromatic rings. The summed E-state index contributed by atoms with van der Waals surface area (Å²) in [6.45, 7) is 2.24.